The molecule has 0 spiro atoms. The van der Waals surface area contributed by atoms with E-state index in [-0.39, 0.29) is 0 Å². The second-order valence-corrected chi connectivity index (χ2v) is 8.23. The molecule has 0 amide bonds. The molecule has 152 valence electrons. The molecular weight excluding hydrogens is 396 g/mol. The minimum atomic E-state index is 0.373. The molecule has 1 atom stereocenters. The number of aryl methyl sites for hydroxylation is 1. The zero-order valence-electron chi connectivity index (χ0n) is 17.0. The summed E-state index contributed by atoms with van der Waals surface area (Å²) in [6.07, 6.45) is 3.49. The lowest BCUT2D eigenvalue weighted by atomic mass is 10.1. The van der Waals surface area contributed by atoms with Crippen LogP contribution in [0.5, 0.6) is 0 Å². The van der Waals surface area contributed by atoms with Crippen molar-refractivity contribution in [3.63, 3.8) is 0 Å². The summed E-state index contributed by atoms with van der Waals surface area (Å²) in [6, 6.07) is 16.7. The molecule has 5 rings (SSSR count). The van der Waals surface area contributed by atoms with Gasteiger partial charge >= 0.3 is 0 Å². The van der Waals surface area contributed by atoms with Crippen LogP contribution in [0, 0.1) is 6.92 Å². The van der Waals surface area contributed by atoms with Crippen LogP contribution in [-0.2, 0) is 0 Å². The summed E-state index contributed by atoms with van der Waals surface area (Å²) in [5, 5.41) is 6.24. The number of aromatic nitrogens is 4. The van der Waals surface area contributed by atoms with Crippen LogP contribution in [0.1, 0.15) is 12.5 Å². The third kappa shape index (κ3) is 3.37. The molecule has 7 heteroatoms. The van der Waals surface area contributed by atoms with E-state index < -0.39 is 0 Å². The van der Waals surface area contributed by atoms with Crippen molar-refractivity contribution in [3.05, 3.63) is 71.6 Å². The molecule has 6 nitrogen and oxygen atoms in total. The molecule has 0 saturated carbocycles. The lowest BCUT2D eigenvalue weighted by molar-refractivity contribution is 0.548. The Morgan fingerprint density at radius 1 is 0.933 bits per heavy atom. The van der Waals surface area contributed by atoms with Gasteiger partial charge in [-0.2, -0.15) is 5.10 Å². The first-order valence-electron chi connectivity index (χ1n) is 10.1. The predicted octanol–water partition coefficient (Wildman–Crippen LogP) is 4.49. The number of fused-ring (bicyclic) bond motifs is 1. The van der Waals surface area contributed by atoms with E-state index in [1.165, 1.54) is 11.3 Å². The van der Waals surface area contributed by atoms with Gasteiger partial charge in [0.05, 0.1) is 17.3 Å². The Hall–Kier alpha value is -3.12. The summed E-state index contributed by atoms with van der Waals surface area (Å²) in [5.41, 5.74) is 4.29. The maximum atomic E-state index is 6.03. The standard InChI is InChI=1S/C23H23ClN6/c1-16-3-7-19(8-4-16)29-12-11-28(14-17(29)2)22-21-13-27-30(23(21)26-15-25-22)20-9-5-18(24)6-10-20/h3-10,13,15,17H,11-12,14H2,1-2H3/t17-/m1/s1. The van der Waals surface area contributed by atoms with E-state index in [1.54, 1.807) is 6.33 Å². The molecule has 0 radical (unpaired) electrons. The Labute approximate surface area is 180 Å². The molecule has 30 heavy (non-hydrogen) atoms. The van der Waals surface area contributed by atoms with Gasteiger partial charge in [-0.15, -0.1) is 0 Å². The van der Waals surface area contributed by atoms with Crippen LogP contribution in [0.2, 0.25) is 5.02 Å². The highest BCUT2D eigenvalue weighted by molar-refractivity contribution is 6.30. The lowest BCUT2D eigenvalue weighted by Crippen LogP contribution is -2.52. The van der Waals surface area contributed by atoms with E-state index in [9.17, 15) is 0 Å². The second-order valence-electron chi connectivity index (χ2n) is 7.79. The van der Waals surface area contributed by atoms with Crippen molar-refractivity contribution < 1.29 is 0 Å². The summed E-state index contributed by atoms with van der Waals surface area (Å²) in [4.78, 5) is 13.9. The molecule has 0 aliphatic carbocycles. The normalized spacial score (nSPS) is 17.0. The van der Waals surface area contributed by atoms with Crippen molar-refractivity contribution in [2.24, 2.45) is 0 Å². The van der Waals surface area contributed by atoms with Crippen molar-refractivity contribution in [3.8, 4) is 5.69 Å². The molecule has 2 aromatic carbocycles. The molecule has 1 aliphatic rings. The highest BCUT2D eigenvalue weighted by Crippen LogP contribution is 2.28. The van der Waals surface area contributed by atoms with E-state index in [4.69, 9.17) is 11.6 Å². The smallest absolute Gasteiger partial charge is 0.168 e. The SMILES string of the molecule is Cc1ccc(N2CCN(c3ncnc4c3cnn4-c3ccc(Cl)cc3)C[C@H]2C)cc1. The van der Waals surface area contributed by atoms with Crippen molar-refractivity contribution in [2.45, 2.75) is 19.9 Å². The summed E-state index contributed by atoms with van der Waals surface area (Å²) in [7, 11) is 0. The number of nitrogens with zero attached hydrogens (tertiary/aromatic N) is 6. The van der Waals surface area contributed by atoms with Crippen molar-refractivity contribution in [1.29, 1.82) is 0 Å². The van der Waals surface area contributed by atoms with Crippen molar-refractivity contribution in [1.82, 2.24) is 19.7 Å². The molecule has 0 unspecified atom stereocenters. The molecule has 1 fully saturated rings. The summed E-state index contributed by atoms with van der Waals surface area (Å²) < 4.78 is 1.84. The Balaban J connectivity index is 1.43. The van der Waals surface area contributed by atoms with E-state index in [0.717, 1.165) is 42.2 Å². The molecule has 4 aromatic rings. The van der Waals surface area contributed by atoms with Gasteiger partial charge in [-0.1, -0.05) is 29.3 Å². The second kappa shape index (κ2) is 7.61. The molecule has 0 bridgehead atoms. The van der Waals surface area contributed by atoms with Crippen LogP contribution in [0.15, 0.2) is 61.1 Å². The quantitative estimate of drug-likeness (QED) is 0.490. The average Bonchev–Trinajstić information content (AvgIpc) is 3.19. The van der Waals surface area contributed by atoms with Crippen LogP contribution < -0.4 is 9.80 Å². The van der Waals surface area contributed by atoms with E-state index in [0.29, 0.717) is 11.1 Å². The van der Waals surface area contributed by atoms with Gasteiger partial charge in [0.15, 0.2) is 5.65 Å². The van der Waals surface area contributed by atoms with Gasteiger partial charge in [0.25, 0.3) is 0 Å². The van der Waals surface area contributed by atoms with Gasteiger partial charge < -0.3 is 9.80 Å². The Bertz CT molecular complexity index is 1170. The fourth-order valence-corrected chi connectivity index (χ4v) is 4.25. The molecule has 3 heterocycles. The van der Waals surface area contributed by atoms with E-state index in [2.05, 4.69) is 63.0 Å². The molecule has 1 saturated heterocycles. The van der Waals surface area contributed by atoms with E-state index >= 15 is 0 Å². The minimum absolute atomic E-state index is 0.373. The third-order valence-corrected chi connectivity index (χ3v) is 5.96. The molecular formula is C23H23ClN6. The summed E-state index contributed by atoms with van der Waals surface area (Å²) in [6.45, 7) is 7.13. The topological polar surface area (TPSA) is 50.1 Å². The highest BCUT2D eigenvalue weighted by atomic mass is 35.5. The first kappa shape index (κ1) is 18.9. The van der Waals surface area contributed by atoms with Gasteiger partial charge in [0.2, 0.25) is 0 Å². The van der Waals surface area contributed by atoms with Crippen LogP contribution in [0.3, 0.4) is 0 Å². The zero-order chi connectivity index (χ0) is 20.7. The summed E-state index contributed by atoms with van der Waals surface area (Å²) >= 11 is 6.03. The van der Waals surface area contributed by atoms with Gasteiger partial charge in [0.1, 0.15) is 12.1 Å². The van der Waals surface area contributed by atoms with Gasteiger partial charge in [-0.3, -0.25) is 0 Å². The van der Waals surface area contributed by atoms with Gasteiger partial charge in [0, 0.05) is 36.4 Å². The van der Waals surface area contributed by atoms with Gasteiger partial charge in [-0.25, -0.2) is 14.6 Å². The number of hydrogen-bond acceptors (Lipinski definition) is 5. The number of hydrogen-bond donors (Lipinski definition) is 0. The number of halogens is 1. The first-order chi connectivity index (χ1) is 14.6. The Morgan fingerprint density at radius 3 is 2.40 bits per heavy atom. The fourth-order valence-electron chi connectivity index (χ4n) is 4.12. The van der Waals surface area contributed by atoms with Crippen molar-refractivity contribution in [2.75, 3.05) is 29.4 Å². The minimum Gasteiger partial charge on any atom is -0.365 e. The first-order valence-corrected chi connectivity index (χ1v) is 10.5. The average molecular weight is 419 g/mol. The predicted molar refractivity (Wildman–Crippen MR) is 122 cm³/mol. The highest BCUT2D eigenvalue weighted by Gasteiger charge is 2.26. The van der Waals surface area contributed by atoms with Crippen molar-refractivity contribution >= 4 is 34.1 Å². The number of rotatable bonds is 3. The number of piperazine rings is 1. The van der Waals surface area contributed by atoms with Crippen LogP contribution in [-0.4, -0.2) is 45.4 Å². The monoisotopic (exact) mass is 418 g/mol. The fraction of sp³-hybridized carbons (Fsp3) is 0.261. The maximum Gasteiger partial charge on any atom is 0.168 e. The van der Waals surface area contributed by atoms with Gasteiger partial charge in [-0.05, 0) is 50.2 Å². The third-order valence-electron chi connectivity index (χ3n) is 5.71. The largest absolute Gasteiger partial charge is 0.365 e. The Kier molecular flexibility index (Phi) is 4.79. The lowest BCUT2D eigenvalue weighted by Gasteiger charge is -2.42. The maximum absolute atomic E-state index is 6.03. The number of anilines is 2. The summed E-state index contributed by atoms with van der Waals surface area (Å²) in [5.74, 6) is 0.940. The van der Waals surface area contributed by atoms with E-state index in [1.807, 2.05) is 35.1 Å². The molecule has 2 aromatic heterocycles. The van der Waals surface area contributed by atoms with Crippen LogP contribution >= 0.6 is 11.6 Å². The Morgan fingerprint density at radius 2 is 1.67 bits per heavy atom. The zero-order valence-corrected chi connectivity index (χ0v) is 17.8. The van der Waals surface area contributed by atoms with Crippen LogP contribution in [0.4, 0.5) is 11.5 Å². The van der Waals surface area contributed by atoms with Crippen LogP contribution in [0.25, 0.3) is 16.7 Å². The molecule has 1 aliphatic heterocycles. The number of benzene rings is 2. The molecule has 0 N–H and O–H groups in total.